The number of anilines is 2. The van der Waals surface area contributed by atoms with Crippen molar-refractivity contribution < 1.29 is 9.90 Å². The van der Waals surface area contributed by atoms with Gasteiger partial charge in [0.15, 0.2) is 0 Å². The van der Waals surface area contributed by atoms with Crippen molar-refractivity contribution in [2.45, 2.75) is 39.8 Å². The smallest absolute Gasteiger partial charge is 0.337 e. The second kappa shape index (κ2) is 7.14. The highest BCUT2D eigenvalue weighted by molar-refractivity contribution is 5.97. The summed E-state index contributed by atoms with van der Waals surface area (Å²) in [5.74, 6) is -0.968. The van der Waals surface area contributed by atoms with Crippen molar-refractivity contribution in [2.75, 3.05) is 24.1 Å². The molecular formula is C15H25N3O2. The maximum atomic E-state index is 11.2. The zero-order chi connectivity index (χ0) is 15.3. The molecule has 0 spiro atoms. The summed E-state index contributed by atoms with van der Waals surface area (Å²) >= 11 is 0. The van der Waals surface area contributed by atoms with Crippen molar-refractivity contribution in [3.8, 4) is 0 Å². The van der Waals surface area contributed by atoms with Crippen molar-refractivity contribution in [1.82, 2.24) is 4.90 Å². The standard InChI is InChI=1S/C15H25N3O2/c1-10(2)18(11(3)4)9-8-17-14-12(15(19)20)6-5-7-13(14)16/h5-7,10-11,17H,8-9,16H2,1-4H3,(H,19,20). The van der Waals surface area contributed by atoms with Gasteiger partial charge in [-0.3, -0.25) is 4.90 Å². The summed E-state index contributed by atoms with van der Waals surface area (Å²) in [6.07, 6.45) is 0. The molecule has 0 aliphatic carbocycles. The van der Waals surface area contributed by atoms with Crippen LogP contribution in [-0.2, 0) is 0 Å². The van der Waals surface area contributed by atoms with Crippen molar-refractivity contribution >= 4 is 17.3 Å². The first-order valence-electron chi connectivity index (χ1n) is 6.96. The summed E-state index contributed by atoms with van der Waals surface area (Å²) in [7, 11) is 0. The largest absolute Gasteiger partial charge is 0.478 e. The highest BCUT2D eigenvalue weighted by Gasteiger charge is 2.15. The summed E-state index contributed by atoms with van der Waals surface area (Å²) in [4.78, 5) is 13.5. The summed E-state index contributed by atoms with van der Waals surface area (Å²) in [5, 5.41) is 12.3. The zero-order valence-electron chi connectivity index (χ0n) is 12.7. The normalized spacial score (nSPS) is 11.3. The van der Waals surface area contributed by atoms with Crippen LogP contribution in [0.5, 0.6) is 0 Å². The van der Waals surface area contributed by atoms with Crippen LogP contribution >= 0.6 is 0 Å². The van der Waals surface area contributed by atoms with Crippen molar-refractivity contribution in [2.24, 2.45) is 0 Å². The Bertz CT molecular complexity index is 450. The lowest BCUT2D eigenvalue weighted by atomic mass is 10.1. The Balaban J connectivity index is 2.73. The van der Waals surface area contributed by atoms with Crippen LogP contribution in [0, 0.1) is 0 Å². The van der Waals surface area contributed by atoms with Gasteiger partial charge in [-0.15, -0.1) is 0 Å². The SMILES string of the molecule is CC(C)N(CCNc1c(N)cccc1C(=O)O)C(C)C. The molecule has 0 amide bonds. The zero-order valence-corrected chi connectivity index (χ0v) is 12.7. The van der Waals surface area contributed by atoms with Crippen LogP contribution in [0.25, 0.3) is 0 Å². The predicted octanol–water partition coefficient (Wildman–Crippen LogP) is 2.50. The van der Waals surface area contributed by atoms with Crippen molar-refractivity contribution in [3.05, 3.63) is 23.8 Å². The average molecular weight is 279 g/mol. The van der Waals surface area contributed by atoms with Gasteiger partial charge < -0.3 is 16.2 Å². The lowest BCUT2D eigenvalue weighted by Crippen LogP contribution is -2.40. The lowest BCUT2D eigenvalue weighted by Gasteiger charge is -2.30. The number of hydrogen-bond acceptors (Lipinski definition) is 4. The molecule has 0 aromatic heterocycles. The number of nitrogens with two attached hydrogens (primary N) is 1. The predicted molar refractivity (Wildman–Crippen MR) is 83.3 cm³/mol. The highest BCUT2D eigenvalue weighted by atomic mass is 16.4. The van der Waals surface area contributed by atoms with Gasteiger partial charge in [0.2, 0.25) is 0 Å². The summed E-state index contributed by atoms with van der Waals surface area (Å²) in [6.45, 7) is 10.1. The van der Waals surface area contributed by atoms with Gasteiger partial charge in [0, 0.05) is 25.2 Å². The topological polar surface area (TPSA) is 78.6 Å². The van der Waals surface area contributed by atoms with E-state index >= 15 is 0 Å². The van der Waals surface area contributed by atoms with Crippen LogP contribution in [0.4, 0.5) is 11.4 Å². The molecule has 0 fully saturated rings. The molecule has 5 heteroatoms. The van der Waals surface area contributed by atoms with Crippen LogP contribution in [-0.4, -0.2) is 41.1 Å². The number of nitrogens with one attached hydrogen (secondary N) is 1. The second-order valence-electron chi connectivity index (χ2n) is 5.43. The number of nitrogens with zero attached hydrogens (tertiary/aromatic N) is 1. The van der Waals surface area contributed by atoms with Crippen molar-refractivity contribution in [1.29, 1.82) is 0 Å². The molecule has 0 saturated carbocycles. The third-order valence-corrected chi connectivity index (χ3v) is 3.33. The van der Waals surface area contributed by atoms with E-state index in [0.29, 0.717) is 30.0 Å². The van der Waals surface area contributed by atoms with E-state index in [2.05, 4.69) is 37.9 Å². The fraction of sp³-hybridized carbons (Fsp3) is 0.533. The third kappa shape index (κ3) is 4.13. The number of rotatable bonds is 7. The number of benzene rings is 1. The fourth-order valence-corrected chi connectivity index (χ4v) is 2.37. The van der Waals surface area contributed by atoms with Crippen LogP contribution in [0.15, 0.2) is 18.2 Å². The first-order chi connectivity index (χ1) is 9.34. The van der Waals surface area contributed by atoms with Crippen LogP contribution < -0.4 is 11.1 Å². The molecule has 0 heterocycles. The van der Waals surface area contributed by atoms with Gasteiger partial charge in [0.05, 0.1) is 16.9 Å². The first-order valence-corrected chi connectivity index (χ1v) is 6.96. The molecule has 0 aliphatic rings. The van der Waals surface area contributed by atoms with Gasteiger partial charge in [-0.05, 0) is 39.8 Å². The quantitative estimate of drug-likeness (QED) is 0.668. The Morgan fingerprint density at radius 2 is 1.90 bits per heavy atom. The monoisotopic (exact) mass is 279 g/mol. The lowest BCUT2D eigenvalue weighted by molar-refractivity contribution is 0.0698. The molecular weight excluding hydrogens is 254 g/mol. The number of aromatic carboxylic acids is 1. The third-order valence-electron chi connectivity index (χ3n) is 3.33. The minimum Gasteiger partial charge on any atom is -0.478 e. The van der Waals surface area contributed by atoms with E-state index < -0.39 is 5.97 Å². The Kier molecular flexibility index (Phi) is 5.82. The Morgan fingerprint density at radius 3 is 2.40 bits per heavy atom. The molecule has 0 radical (unpaired) electrons. The first kappa shape index (κ1) is 16.3. The number of para-hydroxylation sites is 1. The highest BCUT2D eigenvalue weighted by Crippen LogP contribution is 2.23. The molecule has 5 nitrogen and oxygen atoms in total. The summed E-state index contributed by atoms with van der Waals surface area (Å²) in [5.41, 5.74) is 7.04. The number of carbonyl (C=O) groups is 1. The Labute approximate surface area is 120 Å². The van der Waals surface area contributed by atoms with Crippen LogP contribution in [0.3, 0.4) is 0 Å². The maximum absolute atomic E-state index is 11.2. The molecule has 1 rings (SSSR count). The van der Waals surface area contributed by atoms with E-state index in [-0.39, 0.29) is 5.56 Å². The van der Waals surface area contributed by atoms with E-state index in [0.717, 1.165) is 6.54 Å². The number of hydrogen-bond donors (Lipinski definition) is 3. The number of carboxylic acid groups (broad SMARTS) is 1. The molecule has 112 valence electrons. The molecule has 0 atom stereocenters. The van der Waals surface area contributed by atoms with E-state index in [1.54, 1.807) is 18.2 Å². The minimum absolute atomic E-state index is 0.214. The van der Waals surface area contributed by atoms with Gasteiger partial charge in [-0.2, -0.15) is 0 Å². The van der Waals surface area contributed by atoms with E-state index in [9.17, 15) is 4.79 Å². The second-order valence-corrected chi connectivity index (χ2v) is 5.43. The van der Waals surface area contributed by atoms with E-state index in [1.807, 2.05) is 0 Å². The van der Waals surface area contributed by atoms with Gasteiger partial charge >= 0.3 is 5.97 Å². The molecule has 4 N–H and O–H groups in total. The number of nitrogen functional groups attached to an aromatic ring is 1. The summed E-state index contributed by atoms with van der Waals surface area (Å²) < 4.78 is 0. The Hall–Kier alpha value is -1.75. The fourth-order valence-electron chi connectivity index (χ4n) is 2.37. The van der Waals surface area contributed by atoms with Gasteiger partial charge in [0.1, 0.15) is 0 Å². The molecule has 0 aliphatic heterocycles. The van der Waals surface area contributed by atoms with Crippen LogP contribution in [0.1, 0.15) is 38.1 Å². The molecule has 0 saturated heterocycles. The van der Waals surface area contributed by atoms with E-state index in [1.165, 1.54) is 0 Å². The minimum atomic E-state index is -0.968. The molecule has 1 aromatic carbocycles. The van der Waals surface area contributed by atoms with Crippen LogP contribution in [0.2, 0.25) is 0 Å². The molecule has 0 unspecified atom stereocenters. The Morgan fingerprint density at radius 1 is 1.30 bits per heavy atom. The van der Waals surface area contributed by atoms with E-state index in [4.69, 9.17) is 10.8 Å². The molecule has 1 aromatic rings. The average Bonchev–Trinajstić information content (AvgIpc) is 2.34. The van der Waals surface area contributed by atoms with Crippen molar-refractivity contribution in [3.63, 3.8) is 0 Å². The van der Waals surface area contributed by atoms with Gasteiger partial charge in [-0.25, -0.2) is 4.79 Å². The summed E-state index contributed by atoms with van der Waals surface area (Å²) in [6, 6.07) is 5.81. The van der Waals surface area contributed by atoms with Gasteiger partial charge in [0.25, 0.3) is 0 Å². The molecule has 0 bridgehead atoms. The van der Waals surface area contributed by atoms with Gasteiger partial charge in [-0.1, -0.05) is 6.07 Å². The number of carboxylic acids is 1. The maximum Gasteiger partial charge on any atom is 0.337 e. The molecule has 20 heavy (non-hydrogen) atoms.